The molecule has 0 spiro atoms. The van der Waals surface area contributed by atoms with E-state index >= 15 is 0 Å². The molecule has 2 rings (SSSR count). The zero-order valence-electron chi connectivity index (χ0n) is 23.4. The Kier molecular flexibility index (Phi) is 8.46. The van der Waals surface area contributed by atoms with Gasteiger partial charge in [0.15, 0.2) is 8.32 Å². The molecule has 2 heterocycles. The molecule has 4 atom stereocenters. The zero-order valence-corrected chi connectivity index (χ0v) is 24.4. The van der Waals surface area contributed by atoms with Crippen molar-refractivity contribution in [2.24, 2.45) is 5.92 Å². The van der Waals surface area contributed by atoms with E-state index in [1.807, 2.05) is 0 Å². The summed E-state index contributed by atoms with van der Waals surface area (Å²) in [5, 5.41) is 11.3. The van der Waals surface area contributed by atoms with E-state index in [2.05, 4.69) is 33.9 Å². The maximum atomic E-state index is 13.1. The lowest BCUT2D eigenvalue weighted by atomic mass is 9.93. The number of carbonyl (C=O) groups excluding carboxylic acids is 3. The van der Waals surface area contributed by atoms with E-state index in [1.54, 1.807) is 41.5 Å². The Labute approximate surface area is 211 Å². The first-order chi connectivity index (χ1) is 15.6. The summed E-state index contributed by atoms with van der Waals surface area (Å²) in [6, 6.07) is -0.660. The highest BCUT2D eigenvalue weighted by atomic mass is 28.4. The molecule has 0 saturated carbocycles. The highest BCUT2D eigenvalue weighted by molar-refractivity contribution is 6.74. The van der Waals surface area contributed by atoms with Gasteiger partial charge < -0.3 is 19.0 Å². The van der Waals surface area contributed by atoms with E-state index < -0.39 is 55.7 Å². The van der Waals surface area contributed by atoms with Crippen LogP contribution in [-0.2, 0) is 18.7 Å². The number of hydrogen-bond donors (Lipinski definition) is 1. The molecule has 2 aliphatic heterocycles. The Morgan fingerprint density at radius 1 is 0.971 bits per heavy atom. The molecule has 0 aromatic carbocycles. The van der Waals surface area contributed by atoms with Gasteiger partial charge in [0.05, 0.1) is 24.2 Å². The van der Waals surface area contributed by atoms with Gasteiger partial charge in [-0.2, -0.15) is 0 Å². The number of carbonyl (C=O) groups is 3. The zero-order chi connectivity index (χ0) is 27.1. The molecule has 2 aliphatic rings. The first-order valence-corrected chi connectivity index (χ1v) is 15.4. The molecule has 0 aliphatic carbocycles. The van der Waals surface area contributed by atoms with Gasteiger partial charge in [0.25, 0.3) is 0 Å². The molecule has 3 amide bonds. The van der Waals surface area contributed by atoms with E-state index in [1.165, 1.54) is 4.90 Å². The Morgan fingerprint density at radius 3 is 1.97 bits per heavy atom. The Bertz CT molecular complexity index is 810. The van der Waals surface area contributed by atoms with Crippen LogP contribution in [0.5, 0.6) is 0 Å². The fourth-order valence-corrected chi connectivity index (χ4v) is 5.50. The second-order valence-corrected chi connectivity index (χ2v) is 18.0. The molecule has 0 bridgehead atoms. The number of likely N-dealkylation sites (tertiary alicyclic amines) is 2. The van der Waals surface area contributed by atoms with E-state index in [9.17, 15) is 19.5 Å². The summed E-state index contributed by atoms with van der Waals surface area (Å²) in [4.78, 5) is 41.2. The average molecular weight is 515 g/mol. The number of nitrogens with zero attached hydrogens (tertiary/aromatic N) is 2. The lowest BCUT2D eigenvalue weighted by molar-refractivity contribution is -0.134. The number of aliphatic hydroxyl groups is 1. The van der Waals surface area contributed by atoms with Crippen LogP contribution in [0.3, 0.4) is 0 Å². The fraction of sp³-hybridized carbons (Fsp3) is 0.880. The van der Waals surface area contributed by atoms with Gasteiger partial charge in [-0.1, -0.05) is 20.8 Å². The summed E-state index contributed by atoms with van der Waals surface area (Å²) in [5.74, 6) is -1.30. The van der Waals surface area contributed by atoms with Crippen molar-refractivity contribution in [2.45, 2.75) is 123 Å². The molecule has 2 fully saturated rings. The first kappa shape index (κ1) is 29.6. The highest BCUT2D eigenvalue weighted by Gasteiger charge is 2.51. The lowest BCUT2D eigenvalue weighted by Gasteiger charge is -2.38. The lowest BCUT2D eigenvalue weighted by Crippen LogP contribution is -2.49. The van der Waals surface area contributed by atoms with Gasteiger partial charge in [-0.15, -0.1) is 0 Å². The van der Waals surface area contributed by atoms with E-state index in [4.69, 9.17) is 13.9 Å². The van der Waals surface area contributed by atoms with Crippen LogP contribution in [0.2, 0.25) is 18.1 Å². The summed E-state index contributed by atoms with van der Waals surface area (Å²) >= 11 is 0. The Balaban J connectivity index is 2.24. The number of imide groups is 1. The van der Waals surface area contributed by atoms with Crippen molar-refractivity contribution in [1.82, 2.24) is 9.80 Å². The predicted molar refractivity (Wildman–Crippen MR) is 135 cm³/mol. The Morgan fingerprint density at radius 2 is 1.49 bits per heavy atom. The van der Waals surface area contributed by atoms with Crippen molar-refractivity contribution >= 4 is 26.4 Å². The van der Waals surface area contributed by atoms with Gasteiger partial charge in [-0.3, -0.25) is 9.69 Å². The van der Waals surface area contributed by atoms with E-state index in [-0.39, 0.29) is 24.2 Å². The van der Waals surface area contributed by atoms with Crippen molar-refractivity contribution < 1.29 is 33.4 Å². The maximum Gasteiger partial charge on any atom is 0.417 e. The van der Waals surface area contributed by atoms with Gasteiger partial charge >= 0.3 is 12.2 Å². The van der Waals surface area contributed by atoms with Crippen LogP contribution >= 0.6 is 0 Å². The maximum absolute atomic E-state index is 13.1. The largest absolute Gasteiger partial charge is 0.444 e. The molecule has 0 aromatic heterocycles. The summed E-state index contributed by atoms with van der Waals surface area (Å²) in [6.45, 7) is 21.7. The number of rotatable bonds is 4. The molecule has 2 saturated heterocycles. The van der Waals surface area contributed by atoms with Crippen molar-refractivity contribution in [3.05, 3.63) is 0 Å². The van der Waals surface area contributed by atoms with Crippen LogP contribution in [0.4, 0.5) is 9.59 Å². The molecule has 202 valence electrons. The Hall–Kier alpha value is -1.65. The first-order valence-electron chi connectivity index (χ1n) is 12.5. The van der Waals surface area contributed by atoms with Crippen LogP contribution in [0.15, 0.2) is 0 Å². The molecular weight excluding hydrogens is 468 g/mol. The fourth-order valence-electron chi connectivity index (χ4n) is 4.14. The summed E-state index contributed by atoms with van der Waals surface area (Å²) < 4.78 is 17.5. The van der Waals surface area contributed by atoms with Gasteiger partial charge in [-0.05, 0) is 72.5 Å². The minimum absolute atomic E-state index is 0.0181. The minimum atomic E-state index is -2.14. The number of ether oxygens (including phenoxy) is 2. The molecule has 10 heteroatoms. The number of amides is 3. The molecule has 0 aromatic rings. The standard InChI is InChI=1S/C25H46N2O7Si/c1-23(2,3)32-21(30)26-13-12-17(20(26)29)19(28)18-14-16(34-35(10,11)25(7,8)9)15-27(18)22(31)33-24(4,5)6/h16-19,28H,12-15H2,1-11H3/t16?,17?,18-,19?/m0/s1. The van der Waals surface area contributed by atoms with Crippen LogP contribution < -0.4 is 0 Å². The predicted octanol–water partition coefficient (Wildman–Crippen LogP) is 4.53. The third-order valence-electron chi connectivity index (χ3n) is 6.87. The molecule has 0 radical (unpaired) electrons. The van der Waals surface area contributed by atoms with Crippen molar-refractivity contribution in [1.29, 1.82) is 0 Å². The summed E-state index contributed by atoms with van der Waals surface area (Å²) in [5.41, 5.74) is -1.44. The smallest absolute Gasteiger partial charge is 0.417 e. The summed E-state index contributed by atoms with van der Waals surface area (Å²) in [7, 11) is -2.14. The monoisotopic (exact) mass is 514 g/mol. The molecular formula is C25H46N2O7Si. The highest BCUT2D eigenvalue weighted by Crippen LogP contribution is 2.40. The molecule has 9 nitrogen and oxygen atoms in total. The molecule has 1 N–H and O–H groups in total. The average Bonchev–Trinajstić information content (AvgIpc) is 3.20. The number of aliphatic hydroxyl groups excluding tert-OH is 1. The van der Waals surface area contributed by atoms with Gasteiger partial charge in [0.1, 0.15) is 11.2 Å². The second kappa shape index (κ2) is 10.0. The summed E-state index contributed by atoms with van der Waals surface area (Å²) in [6.07, 6.45) is -2.00. The van der Waals surface area contributed by atoms with Crippen LogP contribution in [0.25, 0.3) is 0 Å². The topological polar surface area (TPSA) is 106 Å². The van der Waals surface area contributed by atoms with Gasteiger partial charge in [0, 0.05) is 13.1 Å². The number of hydrogen-bond acceptors (Lipinski definition) is 7. The van der Waals surface area contributed by atoms with E-state index in [0.29, 0.717) is 12.8 Å². The molecule has 35 heavy (non-hydrogen) atoms. The third-order valence-corrected chi connectivity index (χ3v) is 11.4. The van der Waals surface area contributed by atoms with E-state index in [0.717, 1.165) is 4.90 Å². The van der Waals surface area contributed by atoms with Crippen molar-refractivity contribution in [3.63, 3.8) is 0 Å². The van der Waals surface area contributed by atoms with Crippen molar-refractivity contribution in [3.8, 4) is 0 Å². The van der Waals surface area contributed by atoms with Crippen LogP contribution in [0.1, 0.15) is 75.2 Å². The third kappa shape index (κ3) is 7.42. The minimum Gasteiger partial charge on any atom is -0.444 e. The van der Waals surface area contributed by atoms with Gasteiger partial charge in [0.2, 0.25) is 5.91 Å². The quantitative estimate of drug-likeness (QED) is 0.549. The van der Waals surface area contributed by atoms with Crippen LogP contribution in [0, 0.1) is 5.92 Å². The SMILES string of the molecule is CC(C)(C)OC(=O)N1CCC(C(O)[C@@H]2CC(O[Si](C)(C)C(C)(C)C)CN2C(=O)OC(C)(C)C)C1=O. The van der Waals surface area contributed by atoms with Gasteiger partial charge in [-0.25, -0.2) is 14.5 Å². The van der Waals surface area contributed by atoms with Crippen molar-refractivity contribution in [2.75, 3.05) is 13.1 Å². The van der Waals surface area contributed by atoms with Crippen LogP contribution in [-0.4, -0.2) is 83.9 Å². The second-order valence-electron chi connectivity index (χ2n) is 13.3. The molecule has 3 unspecified atom stereocenters. The normalized spacial score (nSPS) is 25.1.